The van der Waals surface area contributed by atoms with Crippen LogP contribution in [-0.4, -0.2) is 52.4 Å². The number of rotatable bonds is 4. The van der Waals surface area contributed by atoms with E-state index in [4.69, 9.17) is 5.21 Å². The van der Waals surface area contributed by atoms with Gasteiger partial charge in [-0.05, 0) is 31.2 Å². The molecule has 0 bridgehead atoms. The van der Waals surface area contributed by atoms with Gasteiger partial charge in [0.1, 0.15) is 6.04 Å². The van der Waals surface area contributed by atoms with Crippen molar-refractivity contribution in [3.05, 3.63) is 35.9 Å². The largest absolute Gasteiger partial charge is 0.391 e. The number of urea groups is 1. The zero-order valence-electron chi connectivity index (χ0n) is 13.1. The average Bonchev–Trinajstić information content (AvgIpc) is 2.59. The Balaban J connectivity index is 1.89. The van der Waals surface area contributed by atoms with Crippen LogP contribution < -0.4 is 10.8 Å². The molecule has 0 aromatic heterocycles. The van der Waals surface area contributed by atoms with E-state index in [2.05, 4.69) is 17.4 Å². The van der Waals surface area contributed by atoms with Crippen LogP contribution in [0.5, 0.6) is 0 Å². The number of benzene rings is 1. The van der Waals surface area contributed by atoms with Crippen LogP contribution >= 0.6 is 0 Å². The summed E-state index contributed by atoms with van der Waals surface area (Å²) >= 11 is 0. The predicted octanol–water partition coefficient (Wildman–Crippen LogP) is 0.830. The molecule has 7 nitrogen and oxygen atoms in total. The number of carbonyl (C=O) groups is 2. The predicted molar refractivity (Wildman–Crippen MR) is 83.9 cm³/mol. The minimum Gasteiger partial charge on any atom is -0.391 e. The number of nitrogens with zero attached hydrogens (tertiary/aromatic N) is 1. The van der Waals surface area contributed by atoms with Crippen LogP contribution in [0.4, 0.5) is 4.79 Å². The quantitative estimate of drug-likeness (QED) is 0.487. The molecule has 3 amide bonds. The Labute approximate surface area is 135 Å². The average molecular weight is 321 g/mol. The van der Waals surface area contributed by atoms with Gasteiger partial charge in [-0.15, -0.1) is 0 Å². The molecule has 1 saturated heterocycles. The Hall–Kier alpha value is -2.12. The van der Waals surface area contributed by atoms with Crippen molar-refractivity contribution in [2.24, 2.45) is 0 Å². The summed E-state index contributed by atoms with van der Waals surface area (Å²) in [7, 11) is 0. The third-order valence-corrected chi connectivity index (χ3v) is 4.21. The standard InChI is InChI=1S/C16H23N3O4/c1-11(20)14(15(21)18-23)17-16(22)19-9-7-13(8-10-19)12-5-3-2-4-6-12/h2-6,11,13-14,20,23H,7-10H2,1H3,(H,17,22)(H,18,21)/t11-,14+/m0/s1. The zero-order valence-corrected chi connectivity index (χ0v) is 13.1. The van der Waals surface area contributed by atoms with E-state index in [1.165, 1.54) is 18.0 Å². The van der Waals surface area contributed by atoms with Crippen LogP contribution in [0.2, 0.25) is 0 Å². The second kappa shape index (κ2) is 7.94. The molecule has 0 aliphatic carbocycles. The molecule has 1 aromatic carbocycles. The van der Waals surface area contributed by atoms with E-state index in [9.17, 15) is 14.7 Å². The van der Waals surface area contributed by atoms with Crippen molar-refractivity contribution in [3.8, 4) is 0 Å². The van der Waals surface area contributed by atoms with E-state index in [0.717, 1.165) is 12.8 Å². The van der Waals surface area contributed by atoms with Crippen LogP contribution in [0.1, 0.15) is 31.2 Å². The lowest BCUT2D eigenvalue weighted by molar-refractivity contribution is -0.133. The van der Waals surface area contributed by atoms with Gasteiger partial charge in [0.05, 0.1) is 6.10 Å². The Kier molecular flexibility index (Phi) is 5.95. The molecule has 7 heteroatoms. The van der Waals surface area contributed by atoms with Crippen LogP contribution in [0.15, 0.2) is 30.3 Å². The molecule has 0 radical (unpaired) electrons. The second-order valence-corrected chi connectivity index (χ2v) is 5.82. The molecule has 1 aromatic rings. The van der Waals surface area contributed by atoms with Gasteiger partial charge in [0.15, 0.2) is 0 Å². The molecule has 0 unspecified atom stereocenters. The summed E-state index contributed by atoms with van der Waals surface area (Å²) in [4.78, 5) is 25.3. The van der Waals surface area contributed by atoms with Gasteiger partial charge in [0.2, 0.25) is 0 Å². The van der Waals surface area contributed by atoms with Gasteiger partial charge < -0.3 is 15.3 Å². The minimum absolute atomic E-state index is 0.411. The van der Waals surface area contributed by atoms with Crippen LogP contribution in [0.3, 0.4) is 0 Å². The summed E-state index contributed by atoms with van der Waals surface area (Å²) in [5, 5.41) is 20.7. The highest BCUT2D eigenvalue weighted by Crippen LogP contribution is 2.27. The molecule has 0 saturated carbocycles. The van der Waals surface area contributed by atoms with Crippen molar-refractivity contribution in [1.29, 1.82) is 0 Å². The number of aliphatic hydroxyl groups is 1. The van der Waals surface area contributed by atoms with Crippen molar-refractivity contribution in [1.82, 2.24) is 15.7 Å². The number of likely N-dealkylation sites (tertiary alicyclic amines) is 1. The van der Waals surface area contributed by atoms with Gasteiger partial charge in [0, 0.05) is 13.1 Å². The first kappa shape index (κ1) is 17.2. The van der Waals surface area contributed by atoms with Gasteiger partial charge >= 0.3 is 6.03 Å². The molecule has 1 aliphatic rings. The molecular formula is C16H23N3O4. The summed E-state index contributed by atoms with van der Waals surface area (Å²) in [6, 6.07) is 8.59. The summed E-state index contributed by atoms with van der Waals surface area (Å²) in [5.74, 6) is -0.416. The maximum atomic E-state index is 12.2. The van der Waals surface area contributed by atoms with Crippen LogP contribution in [0.25, 0.3) is 0 Å². The summed E-state index contributed by atoms with van der Waals surface area (Å²) in [5.41, 5.74) is 2.72. The van der Waals surface area contributed by atoms with E-state index in [0.29, 0.717) is 19.0 Å². The SMILES string of the molecule is C[C@H](O)[C@@H](NC(=O)N1CCC(c2ccccc2)CC1)C(=O)NO. The Morgan fingerprint density at radius 2 is 1.83 bits per heavy atom. The zero-order chi connectivity index (χ0) is 16.8. The number of hydrogen-bond acceptors (Lipinski definition) is 4. The smallest absolute Gasteiger partial charge is 0.318 e. The molecule has 2 atom stereocenters. The van der Waals surface area contributed by atoms with Crippen molar-refractivity contribution >= 4 is 11.9 Å². The lowest BCUT2D eigenvalue weighted by Gasteiger charge is -2.33. The Bertz CT molecular complexity index is 527. The number of carbonyl (C=O) groups excluding carboxylic acids is 2. The molecule has 1 aliphatic heterocycles. The summed E-state index contributed by atoms with van der Waals surface area (Å²) < 4.78 is 0. The minimum atomic E-state index is -1.18. The van der Waals surface area contributed by atoms with Crippen molar-refractivity contribution in [2.75, 3.05) is 13.1 Å². The van der Waals surface area contributed by atoms with Gasteiger partial charge in [0.25, 0.3) is 5.91 Å². The molecular weight excluding hydrogens is 298 g/mol. The highest BCUT2D eigenvalue weighted by molar-refractivity contribution is 5.86. The maximum absolute atomic E-state index is 12.2. The van der Waals surface area contributed by atoms with E-state index >= 15 is 0 Å². The topological polar surface area (TPSA) is 102 Å². The first-order chi connectivity index (χ1) is 11.0. The summed E-state index contributed by atoms with van der Waals surface area (Å²) in [6.07, 6.45) is 0.597. The molecule has 1 fully saturated rings. The van der Waals surface area contributed by atoms with Gasteiger partial charge in [-0.3, -0.25) is 10.0 Å². The normalized spacial score (nSPS) is 18.1. The van der Waals surface area contributed by atoms with Gasteiger partial charge in [-0.25, -0.2) is 10.3 Å². The number of piperidine rings is 1. The highest BCUT2D eigenvalue weighted by atomic mass is 16.5. The fourth-order valence-corrected chi connectivity index (χ4v) is 2.84. The lowest BCUT2D eigenvalue weighted by atomic mass is 9.90. The molecule has 126 valence electrons. The van der Waals surface area contributed by atoms with Gasteiger partial charge in [-0.2, -0.15) is 0 Å². The number of aliphatic hydroxyl groups excluding tert-OH is 1. The Morgan fingerprint density at radius 3 is 2.35 bits per heavy atom. The molecule has 2 rings (SSSR count). The van der Waals surface area contributed by atoms with E-state index < -0.39 is 24.1 Å². The van der Waals surface area contributed by atoms with Crippen LogP contribution in [0, 0.1) is 0 Å². The third-order valence-electron chi connectivity index (χ3n) is 4.21. The first-order valence-corrected chi connectivity index (χ1v) is 7.75. The number of amides is 3. The first-order valence-electron chi connectivity index (χ1n) is 7.75. The van der Waals surface area contributed by atoms with Crippen molar-refractivity contribution < 1.29 is 19.9 Å². The Morgan fingerprint density at radius 1 is 1.22 bits per heavy atom. The van der Waals surface area contributed by atoms with Crippen molar-refractivity contribution in [3.63, 3.8) is 0 Å². The van der Waals surface area contributed by atoms with Gasteiger partial charge in [-0.1, -0.05) is 30.3 Å². The monoisotopic (exact) mass is 321 g/mol. The van der Waals surface area contributed by atoms with E-state index in [1.54, 1.807) is 4.90 Å². The fourth-order valence-electron chi connectivity index (χ4n) is 2.84. The molecule has 23 heavy (non-hydrogen) atoms. The maximum Gasteiger partial charge on any atom is 0.318 e. The number of hydrogen-bond donors (Lipinski definition) is 4. The lowest BCUT2D eigenvalue weighted by Crippen LogP contribution is -2.56. The van der Waals surface area contributed by atoms with E-state index in [1.807, 2.05) is 18.2 Å². The van der Waals surface area contributed by atoms with E-state index in [-0.39, 0.29) is 0 Å². The molecule has 4 N–H and O–H groups in total. The highest BCUT2D eigenvalue weighted by Gasteiger charge is 2.29. The summed E-state index contributed by atoms with van der Waals surface area (Å²) in [6.45, 7) is 2.54. The van der Waals surface area contributed by atoms with Crippen LogP contribution in [-0.2, 0) is 4.79 Å². The second-order valence-electron chi connectivity index (χ2n) is 5.82. The molecule has 0 spiro atoms. The fraction of sp³-hybridized carbons (Fsp3) is 0.500. The van der Waals surface area contributed by atoms with Crippen molar-refractivity contribution in [2.45, 2.75) is 37.8 Å². The number of nitrogens with one attached hydrogen (secondary N) is 2. The third kappa shape index (κ3) is 4.43. The molecule has 1 heterocycles. The number of hydroxylamine groups is 1.